The van der Waals surface area contributed by atoms with Gasteiger partial charge in [-0.15, -0.1) is 11.3 Å². The fourth-order valence-electron chi connectivity index (χ4n) is 3.01. The van der Waals surface area contributed by atoms with Crippen molar-refractivity contribution >= 4 is 58.1 Å². The molecule has 1 atom stereocenters. The van der Waals surface area contributed by atoms with Gasteiger partial charge >= 0.3 is 0 Å². The van der Waals surface area contributed by atoms with Crippen LogP contribution in [0.2, 0.25) is 10.0 Å². The van der Waals surface area contributed by atoms with Crippen molar-refractivity contribution in [2.24, 2.45) is 5.73 Å². The first-order valence-corrected chi connectivity index (χ1v) is 11.8. The normalized spacial score (nSPS) is 17.1. The van der Waals surface area contributed by atoms with Gasteiger partial charge in [0.25, 0.3) is 5.91 Å². The van der Waals surface area contributed by atoms with Crippen LogP contribution in [-0.4, -0.2) is 59.8 Å². The van der Waals surface area contributed by atoms with Crippen molar-refractivity contribution < 1.29 is 14.3 Å². The van der Waals surface area contributed by atoms with E-state index in [0.29, 0.717) is 34.1 Å². The number of thiazole rings is 1. The Bertz CT molecular complexity index is 925. The number of aromatic nitrogens is 1. The highest BCUT2D eigenvalue weighted by molar-refractivity contribution is 8.01. The minimum atomic E-state index is -0.556. The molecule has 3 N–H and O–H groups in total. The van der Waals surface area contributed by atoms with E-state index in [1.54, 1.807) is 13.0 Å². The van der Waals surface area contributed by atoms with Gasteiger partial charge in [0.2, 0.25) is 5.91 Å². The molecule has 11 heteroatoms. The smallest absolute Gasteiger partial charge is 0.268 e. The Morgan fingerprint density at radius 3 is 2.90 bits per heavy atom. The zero-order chi connectivity index (χ0) is 21.7. The predicted octanol–water partition coefficient (Wildman–Crippen LogP) is 2.97. The lowest BCUT2D eigenvalue weighted by Gasteiger charge is -2.33. The van der Waals surface area contributed by atoms with Crippen molar-refractivity contribution in [1.82, 2.24) is 15.2 Å². The number of aryl methyl sites for hydroxylation is 1. The van der Waals surface area contributed by atoms with Gasteiger partial charge in [-0.3, -0.25) is 14.5 Å². The summed E-state index contributed by atoms with van der Waals surface area (Å²) in [6.07, 6.45) is -0.0842. The summed E-state index contributed by atoms with van der Waals surface area (Å²) >= 11 is 14.7. The van der Waals surface area contributed by atoms with E-state index >= 15 is 0 Å². The van der Waals surface area contributed by atoms with Gasteiger partial charge in [0, 0.05) is 31.1 Å². The molecule has 7 nitrogen and oxygen atoms in total. The number of nitrogens with two attached hydrogens (primary N) is 1. The maximum atomic E-state index is 12.2. The van der Waals surface area contributed by atoms with E-state index in [9.17, 15) is 9.59 Å². The minimum Gasteiger partial charge on any atom is -0.374 e. The Labute approximate surface area is 193 Å². The van der Waals surface area contributed by atoms with Crippen molar-refractivity contribution in [2.75, 3.05) is 32.0 Å². The average Bonchev–Trinajstić information content (AvgIpc) is 3.09. The van der Waals surface area contributed by atoms with Crippen LogP contribution in [0.4, 0.5) is 0 Å². The molecule has 1 fully saturated rings. The number of thioether (sulfide) groups is 1. The highest BCUT2D eigenvalue weighted by Crippen LogP contribution is 2.26. The fourth-order valence-corrected chi connectivity index (χ4v) is 5.27. The molecule has 1 aliphatic heterocycles. The summed E-state index contributed by atoms with van der Waals surface area (Å²) in [5, 5.41) is 3.99. The van der Waals surface area contributed by atoms with Crippen molar-refractivity contribution in [3.63, 3.8) is 0 Å². The topological polar surface area (TPSA) is 97.6 Å². The minimum absolute atomic E-state index is 0.0842. The lowest BCUT2D eigenvalue weighted by atomic mass is 10.2. The van der Waals surface area contributed by atoms with Gasteiger partial charge in [-0.1, -0.05) is 41.0 Å². The standard InChI is InChI=1S/C19H22Cl2N4O3S2/c1-11-17(18(22)27)24-19(30-11)29-10-16(26)23-7-13-9-25(4-5-28-13)8-12-2-3-14(20)15(21)6-12/h2-3,6,13H,4-5,7-10H2,1H3,(H2,22,27)(H,23,26). The molecule has 1 saturated heterocycles. The van der Waals surface area contributed by atoms with Crippen LogP contribution in [0.3, 0.4) is 0 Å². The van der Waals surface area contributed by atoms with Gasteiger partial charge in [-0.2, -0.15) is 0 Å². The van der Waals surface area contributed by atoms with Gasteiger partial charge in [0.05, 0.1) is 28.5 Å². The molecule has 0 bridgehead atoms. The van der Waals surface area contributed by atoms with Crippen molar-refractivity contribution in [3.8, 4) is 0 Å². The van der Waals surface area contributed by atoms with Crippen LogP contribution in [0.25, 0.3) is 0 Å². The quantitative estimate of drug-likeness (QED) is 0.554. The Morgan fingerprint density at radius 2 is 2.20 bits per heavy atom. The van der Waals surface area contributed by atoms with E-state index in [0.717, 1.165) is 23.5 Å². The van der Waals surface area contributed by atoms with Crippen LogP contribution < -0.4 is 11.1 Å². The lowest BCUT2D eigenvalue weighted by molar-refractivity contribution is -0.119. The fraction of sp³-hybridized carbons (Fsp3) is 0.421. The van der Waals surface area contributed by atoms with E-state index in [1.807, 2.05) is 12.1 Å². The second-order valence-corrected chi connectivity index (χ2v) is 10.1. The number of ether oxygens (including phenoxy) is 1. The number of morpholine rings is 1. The summed E-state index contributed by atoms with van der Waals surface area (Å²) in [4.78, 5) is 30.6. The molecule has 2 amide bonds. The number of nitrogens with zero attached hydrogens (tertiary/aromatic N) is 2. The van der Waals surface area contributed by atoms with E-state index in [2.05, 4.69) is 15.2 Å². The van der Waals surface area contributed by atoms with Gasteiger partial charge in [-0.05, 0) is 24.6 Å². The number of carbonyl (C=O) groups is 2. The average molecular weight is 489 g/mol. The Hall–Kier alpha value is -1.36. The molecule has 0 radical (unpaired) electrons. The number of amides is 2. The largest absolute Gasteiger partial charge is 0.374 e. The molecule has 0 aliphatic carbocycles. The molecular formula is C19H22Cl2N4O3S2. The number of hydrogen-bond donors (Lipinski definition) is 2. The summed E-state index contributed by atoms with van der Waals surface area (Å²) in [5.74, 6) is -0.455. The lowest BCUT2D eigenvalue weighted by Crippen LogP contribution is -2.47. The van der Waals surface area contributed by atoms with E-state index < -0.39 is 5.91 Å². The number of rotatable bonds is 8. The molecule has 3 rings (SSSR count). The second-order valence-electron chi connectivity index (χ2n) is 6.82. The van der Waals surface area contributed by atoms with Crippen LogP contribution in [0.5, 0.6) is 0 Å². The van der Waals surface area contributed by atoms with Crippen LogP contribution in [0.15, 0.2) is 22.5 Å². The summed E-state index contributed by atoms with van der Waals surface area (Å²) in [6.45, 7) is 5.08. The maximum Gasteiger partial charge on any atom is 0.268 e. The number of benzene rings is 1. The van der Waals surface area contributed by atoms with Crippen LogP contribution in [-0.2, 0) is 16.1 Å². The Kier molecular flexibility index (Phi) is 8.38. The monoisotopic (exact) mass is 488 g/mol. The first kappa shape index (κ1) is 23.3. The van der Waals surface area contributed by atoms with Gasteiger partial charge < -0.3 is 15.8 Å². The summed E-state index contributed by atoms with van der Waals surface area (Å²) < 4.78 is 6.43. The third-order valence-corrected chi connectivity index (χ3v) is 7.33. The van der Waals surface area contributed by atoms with Crippen LogP contribution >= 0.6 is 46.3 Å². The molecule has 30 heavy (non-hydrogen) atoms. The molecule has 1 unspecified atom stereocenters. The summed E-state index contributed by atoms with van der Waals surface area (Å²) in [5.41, 5.74) is 6.62. The van der Waals surface area contributed by atoms with Crippen molar-refractivity contribution in [3.05, 3.63) is 44.4 Å². The second kappa shape index (κ2) is 10.8. The first-order valence-electron chi connectivity index (χ1n) is 9.26. The number of halogens is 2. The van der Waals surface area contributed by atoms with E-state index in [1.165, 1.54) is 23.1 Å². The van der Waals surface area contributed by atoms with Gasteiger partial charge in [0.15, 0.2) is 4.34 Å². The van der Waals surface area contributed by atoms with Gasteiger partial charge in [-0.25, -0.2) is 4.98 Å². The number of carbonyl (C=O) groups excluding carboxylic acids is 2. The first-order chi connectivity index (χ1) is 14.3. The molecule has 1 aliphatic rings. The zero-order valence-electron chi connectivity index (χ0n) is 16.3. The Morgan fingerprint density at radius 1 is 1.40 bits per heavy atom. The molecule has 0 spiro atoms. The third-order valence-electron chi connectivity index (χ3n) is 4.48. The van der Waals surface area contributed by atoms with E-state index in [4.69, 9.17) is 33.7 Å². The number of hydrogen-bond acceptors (Lipinski definition) is 7. The van der Waals surface area contributed by atoms with Crippen molar-refractivity contribution in [2.45, 2.75) is 23.9 Å². The zero-order valence-corrected chi connectivity index (χ0v) is 19.5. The number of primary amides is 1. The van der Waals surface area contributed by atoms with Crippen molar-refractivity contribution in [1.29, 1.82) is 0 Å². The third kappa shape index (κ3) is 6.57. The summed E-state index contributed by atoms with van der Waals surface area (Å²) in [7, 11) is 0. The van der Waals surface area contributed by atoms with Gasteiger partial charge in [0.1, 0.15) is 5.69 Å². The molecule has 1 aromatic heterocycles. The SMILES string of the molecule is Cc1sc(SCC(=O)NCC2CN(Cc3ccc(Cl)c(Cl)c3)CCO2)nc1C(N)=O. The molecule has 2 aromatic rings. The van der Waals surface area contributed by atoms with Crippen LogP contribution in [0.1, 0.15) is 20.9 Å². The van der Waals surface area contributed by atoms with E-state index in [-0.39, 0.29) is 23.5 Å². The molecule has 0 saturated carbocycles. The highest BCUT2D eigenvalue weighted by Gasteiger charge is 2.21. The summed E-state index contributed by atoms with van der Waals surface area (Å²) in [6, 6.07) is 5.63. The Balaban J connectivity index is 1.42. The molecule has 1 aromatic carbocycles. The molecular weight excluding hydrogens is 467 g/mol. The highest BCUT2D eigenvalue weighted by atomic mass is 35.5. The number of nitrogens with one attached hydrogen (secondary N) is 1. The molecule has 2 heterocycles. The molecule has 162 valence electrons. The maximum absolute atomic E-state index is 12.2. The van der Waals surface area contributed by atoms with Crippen LogP contribution in [0, 0.1) is 6.92 Å². The predicted molar refractivity (Wildman–Crippen MR) is 121 cm³/mol.